The number of methoxy groups -OCH3 is 1. The molecule has 6 nitrogen and oxygen atoms in total. The van der Waals surface area contributed by atoms with Gasteiger partial charge in [0.15, 0.2) is 8.32 Å². The van der Waals surface area contributed by atoms with E-state index in [2.05, 4.69) is 47.7 Å². The largest absolute Gasteiger partial charge is 0.469 e. The fraction of sp³-hybridized carbons (Fsp3) is 0.889. The molecule has 1 unspecified atom stereocenters. The van der Waals surface area contributed by atoms with Crippen LogP contribution in [0.3, 0.4) is 0 Å². The smallest absolute Gasteiger partial charge is 0.312 e. The Morgan fingerprint density at radius 3 is 2.24 bits per heavy atom. The van der Waals surface area contributed by atoms with Gasteiger partial charge in [-0.25, -0.2) is 0 Å². The number of Topliss-reactive ketones (excluding diaryl/α,β-unsaturated/α-hetero) is 1. The third-order valence-electron chi connectivity index (χ3n) is 9.74. The van der Waals surface area contributed by atoms with Crippen molar-refractivity contribution < 1.29 is 28.3 Å². The number of hydrogen-bond acceptors (Lipinski definition) is 6. The van der Waals surface area contributed by atoms with Crippen molar-refractivity contribution in [3.8, 4) is 0 Å². The van der Waals surface area contributed by atoms with Crippen LogP contribution in [0.1, 0.15) is 80.6 Å². The van der Waals surface area contributed by atoms with Gasteiger partial charge < -0.3 is 13.9 Å². The van der Waals surface area contributed by atoms with E-state index in [9.17, 15) is 14.4 Å². The zero-order valence-electron chi connectivity index (χ0n) is 22.9. The van der Waals surface area contributed by atoms with Crippen LogP contribution in [0.15, 0.2) is 0 Å². The van der Waals surface area contributed by atoms with E-state index >= 15 is 0 Å². The number of carbonyl (C=O) groups excluding carboxylic acids is 3. The summed E-state index contributed by atoms with van der Waals surface area (Å²) in [6.07, 6.45) is 2.97. The molecule has 8 atom stereocenters. The first-order valence-corrected chi connectivity index (χ1v) is 15.8. The number of esters is 2. The third kappa shape index (κ3) is 4.63. The Morgan fingerprint density at radius 1 is 1.09 bits per heavy atom. The highest BCUT2D eigenvalue weighted by atomic mass is 28.4. The number of fused-ring (bicyclic) bond motifs is 3. The predicted molar refractivity (Wildman–Crippen MR) is 134 cm³/mol. The molecule has 3 aliphatic carbocycles. The van der Waals surface area contributed by atoms with Gasteiger partial charge in [-0.15, -0.1) is 0 Å². The van der Waals surface area contributed by atoms with E-state index < -0.39 is 25.1 Å². The number of rotatable bonds is 4. The fourth-order valence-electron chi connectivity index (χ4n) is 7.46. The highest BCUT2D eigenvalue weighted by Crippen LogP contribution is 2.64. The molecule has 3 aliphatic rings. The lowest BCUT2D eigenvalue weighted by molar-refractivity contribution is -0.199. The van der Waals surface area contributed by atoms with Crippen molar-refractivity contribution in [1.82, 2.24) is 0 Å². The quantitative estimate of drug-likeness (QED) is 0.377. The lowest BCUT2D eigenvalue weighted by Gasteiger charge is -2.62. The van der Waals surface area contributed by atoms with Gasteiger partial charge in [0, 0.05) is 31.3 Å². The summed E-state index contributed by atoms with van der Waals surface area (Å²) in [6.45, 7) is 18.9. The molecule has 3 rings (SSSR count). The van der Waals surface area contributed by atoms with Crippen LogP contribution >= 0.6 is 0 Å². The zero-order valence-corrected chi connectivity index (χ0v) is 23.9. The van der Waals surface area contributed by atoms with Gasteiger partial charge in [-0.3, -0.25) is 14.4 Å². The van der Waals surface area contributed by atoms with Gasteiger partial charge in [0.1, 0.15) is 11.9 Å². The number of hydrogen-bond donors (Lipinski definition) is 0. The minimum atomic E-state index is -2.11. The Labute approximate surface area is 207 Å². The van der Waals surface area contributed by atoms with Gasteiger partial charge in [0.2, 0.25) is 0 Å². The maximum Gasteiger partial charge on any atom is 0.312 e. The van der Waals surface area contributed by atoms with Gasteiger partial charge >= 0.3 is 11.9 Å². The van der Waals surface area contributed by atoms with Crippen LogP contribution in [-0.2, 0) is 28.3 Å². The molecule has 34 heavy (non-hydrogen) atoms. The second-order valence-corrected chi connectivity index (χ2v) is 18.2. The summed E-state index contributed by atoms with van der Waals surface area (Å²) < 4.78 is 18.0. The molecule has 0 aromatic heterocycles. The number of carbonyl (C=O) groups is 3. The molecular formula is C27H46O6Si. The average molecular weight is 495 g/mol. The fourth-order valence-corrected chi connectivity index (χ4v) is 8.82. The first-order valence-electron chi connectivity index (χ1n) is 12.9. The van der Waals surface area contributed by atoms with Crippen LogP contribution in [0.25, 0.3) is 0 Å². The zero-order chi connectivity index (χ0) is 25.9. The van der Waals surface area contributed by atoms with E-state index in [-0.39, 0.29) is 46.8 Å². The van der Waals surface area contributed by atoms with Crippen LogP contribution in [0.5, 0.6) is 0 Å². The highest BCUT2D eigenvalue weighted by Gasteiger charge is 2.66. The van der Waals surface area contributed by atoms with E-state index in [0.717, 1.165) is 19.3 Å². The van der Waals surface area contributed by atoms with Crippen molar-refractivity contribution in [2.24, 2.45) is 34.5 Å². The number of ketones is 1. The van der Waals surface area contributed by atoms with Gasteiger partial charge in [-0.1, -0.05) is 34.6 Å². The monoisotopic (exact) mass is 494 g/mol. The molecule has 3 saturated carbocycles. The molecule has 194 valence electrons. The van der Waals surface area contributed by atoms with Crippen LogP contribution in [0.4, 0.5) is 0 Å². The topological polar surface area (TPSA) is 78.9 Å². The maximum absolute atomic E-state index is 13.8. The summed E-state index contributed by atoms with van der Waals surface area (Å²) >= 11 is 0. The van der Waals surface area contributed by atoms with E-state index in [0.29, 0.717) is 18.8 Å². The Balaban J connectivity index is 2.08. The van der Waals surface area contributed by atoms with E-state index in [1.807, 2.05) is 6.92 Å². The third-order valence-corrected chi connectivity index (χ3v) is 14.3. The summed E-state index contributed by atoms with van der Waals surface area (Å²) in [7, 11) is -0.690. The van der Waals surface area contributed by atoms with Crippen LogP contribution in [0, 0.1) is 34.5 Å². The first-order chi connectivity index (χ1) is 15.5. The number of ether oxygens (including phenoxy) is 2. The molecule has 0 aliphatic heterocycles. The van der Waals surface area contributed by atoms with Crippen molar-refractivity contribution in [3.05, 3.63) is 0 Å². The van der Waals surface area contributed by atoms with E-state index in [1.54, 1.807) is 0 Å². The Morgan fingerprint density at radius 2 is 1.71 bits per heavy atom. The van der Waals surface area contributed by atoms with Crippen LogP contribution in [-0.4, -0.2) is 45.4 Å². The van der Waals surface area contributed by atoms with Gasteiger partial charge in [0.05, 0.1) is 12.5 Å². The van der Waals surface area contributed by atoms with Crippen molar-refractivity contribution in [2.45, 2.75) is 111 Å². The molecule has 0 aromatic carbocycles. The molecule has 0 heterocycles. The minimum absolute atomic E-state index is 0.0117. The van der Waals surface area contributed by atoms with Crippen molar-refractivity contribution in [3.63, 3.8) is 0 Å². The molecule has 0 bridgehead atoms. The first kappa shape index (κ1) is 27.4. The molecule has 3 fully saturated rings. The Hall–Kier alpha value is -1.21. The Kier molecular flexibility index (Phi) is 7.26. The minimum Gasteiger partial charge on any atom is -0.469 e. The van der Waals surface area contributed by atoms with Crippen molar-refractivity contribution >= 4 is 26.0 Å². The van der Waals surface area contributed by atoms with Crippen molar-refractivity contribution in [2.75, 3.05) is 7.11 Å². The molecule has 0 N–H and O–H groups in total. The summed E-state index contributed by atoms with van der Waals surface area (Å²) in [5.74, 6) is -0.382. The second-order valence-electron chi connectivity index (χ2n) is 13.4. The average Bonchev–Trinajstić information content (AvgIpc) is 2.66. The molecule has 0 spiro atoms. The SMILES string of the molecule is COC(=O)[C@]1(C)CC(O[Si](C)(C)C(C)(C)C)C[C@@]2(C)[C@@H]3C[C@@H](C)C[C@@H](OC(C)=O)[C@H]3CC(=O)[C@@H]21. The molecule has 0 amide bonds. The standard InChI is InChI=1S/C27H46O6Si/c1-16-11-20-19(22(12-16)32-17(2)28)13-21(29)23-26(20,6)14-18(15-27(23,7)24(30)31-8)33-34(9,10)25(3,4)5/h16,18-20,22-23H,11-15H2,1-10H3/t16-,18?,19+,20-,22-,23+,26+,27-/m1/s1. The second kappa shape index (κ2) is 9.02. The molecule has 7 heteroatoms. The predicted octanol–water partition coefficient (Wildman–Crippen LogP) is 5.54. The van der Waals surface area contributed by atoms with E-state index in [1.165, 1.54) is 14.0 Å². The normalized spacial score (nSPS) is 40.7. The Bertz CT molecular complexity index is 831. The van der Waals surface area contributed by atoms with E-state index in [4.69, 9.17) is 13.9 Å². The van der Waals surface area contributed by atoms with Crippen LogP contribution < -0.4 is 0 Å². The lowest BCUT2D eigenvalue weighted by Crippen LogP contribution is -2.65. The van der Waals surface area contributed by atoms with Crippen molar-refractivity contribution in [1.29, 1.82) is 0 Å². The summed E-state index contributed by atoms with van der Waals surface area (Å²) in [5.41, 5.74) is -1.37. The van der Waals surface area contributed by atoms with Gasteiger partial charge in [0.25, 0.3) is 0 Å². The van der Waals surface area contributed by atoms with Gasteiger partial charge in [-0.2, -0.15) is 0 Å². The maximum atomic E-state index is 13.8. The van der Waals surface area contributed by atoms with Crippen LogP contribution in [0.2, 0.25) is 18.1 Å². The van der Waals surface area contributed by atoms with Gasteiger partial charge in [-0.05, 0) is 68.0 Å². The molecular weight excluding hydrogens is 448 g/mol. The lowest BCUT2D eigenvalue weighted by atomic mass is 9.42. The highest BCUT2D eigenvalue weighted by molar-refractivity contribution is 6.74. The molecule has 0 aromatic rings. The molecule has 0 saturated heterocycles. The summed E-state index contributed by atoms with van der Waals surface area (Å²) in [6, 6.07) is 0. The summed E-state index contributed by atoms with van der Waals surface area (Å²) in [5, 5.41) is 0.0388. The molecule has 0 radical (unpaired) electrons. The summed E-state index contributed by atoms with van der Waals surface area (Å²) in [4.78, 5) is 39.0.